The number of carbonyl (C=O) groups is 1. The van der Waals surface area contributed by atoms with Crippen LogP contribution < -0.4 is 10.6 Å². The molecule has 4 aliphatic rings. The highest BCUT2D eigenvalue weighted by molar-refractivity contribution is 9.10. The van der Waals surface area contributed by atoms with Gasteiger partial charge in [-0.15, -0.1) is 0 Å². The van der Waals surface area contributed by atoms with Gasteiger partial charge in [0.15, 0.2) is 5.11 Å². The number of amides is 1. The Labute approximate surface area is 150 Å². The van der Waals surface area contributed by atoms with Gasteiger partial charge in [0.1, 0.15) is 0 Å². The first kappa shape index (κ1) is 15.6. The predicted octanol–water partition coefficient (Wildman–Crippen LogP) is 4.48. The molecule has 0 aromatic heterocycles. The monoisotopic (exact) mass is 392 g/mol. The Kier molecular flexibility index (Phi) is 3.96. The summed E-state index contributed by atoms with van der Waals surface area (Å²) in [5.41, 5.74) is 0.729. The standard InChI is InChI=1S/C18H21BrN2OS/c19-14-2-1-3-15(7-14)20-17(23)21-16(22)18-8-11-4-12(9-18)6-13(5-11)10-18/h1-3,7,11-13H,4-6,8-10H2,(H2,20,21,22,23). The van der Waals surface area contributed by atoms with E-state index >= 15 is 0 Å². The number of rotatable bonds is 2. The van der Waals surface area contributed by atoms with Gasteiger partial charge in [-0.2, -0.15) is 0 Å². The number of thiocarbonyl (C=S) groups is 1. The molecule has 0 saturated heterocycles. The highest BCUT2D eigenvalue weighted by Crippen LogP contribution is 2.60. The lowest BCUT2D eigenvalue weighted by molar-refractivity contribution is -0.144. The summed E-state index contributed by atoms with van der Waals surface area (Å²) in [6, 6.07) is 7.79. The fourth-order valence-corrected chi connectivity index (χ4v) is 5.96. The van der Waals surface area contributed by atoms with Crippen molar-refractivity contribution >= 4 is 44.9 Å². The van der Waals surface area contributed by atoms with Gasteiger partial charge in [0.05, 0.1) is 5.41 Å². The van der Waals surface area contributed by atoms with Crippen LogP contribution in [0.15, 0.2) is 28.7 Å². The van der Waals surface area contributed by atoms with Crippen LogP contribution >= 0.6 is 28.1 Å². The molecule has 1 aromatic rings. The largest absolute Gasteiger partial charge is 0.332 e. The molecular weight excluding hydrogens is 372 g/mol. The molecular formula is C18H21BrN2OS. The maximum Gasteiger partial charge on any atom is 0.232 e. The van der Waals surface area contributed by atoms with E-state index in [-0.39, 0.29) is 11.3 Å². The van der Waals surface area contributed by atoms with Crippen molar-refractivity contribution in [1.82, 2.24) is 5.32 Å². The molecule has 0 atom stereocenters. The SMILES string of the molecule is O=C(NC(=S)Nc1cccc(Br)c1)C12CC3CC(CC(C3)C1)C2. The molecule has 0 spiro atoms. The van der Waals surface area contributed by atoms with Crippen LogP contribution in [-0.2, 0) is 4.79 Å². The number of anilines is 1. The molecule has 5 heteroatoms. The Morgan fingerprint density at radius 3 is 2.30 bits per heavy atom. The van der Waals surface area contributed by atoms with Crippen molar-refractivity contribution in [1.29, 1.82) is 0 Å². The molecule has 1 amide bonds. The normalized spacial score (nSPS) is 34.2. The predicted molar refractivity (Wildman–Crippen MR) is 99.1 cm³/mol. The third-order valence-corrected chi connectivity index (χ3v) is 6.53. The van der Waals surface area contributed by atoms with Crippen LogP contribution in [0.2, 0.25) is 0 Å². The lowest BCUT2D eigenvalue weighted by Crippen LogP contribution is -2.55. The van der Waals surface area contributed by atoms with Gasteiger partial charge in [-0.3, -0.25) is 4.79 Å². The van der Waals surface area contributed by atoms with Crippen molar-refractivity contribution in [2.24, 2.45) is 23.2 Å². The van der Waals surface area contributed by atoms with Gasteiger partial charge < -0.3 is 10.6 Å². The van der Waals surface area contributed by atoms with Crippen LogP contribution in [0, 0.1) is 23.2 Å². The van der Waals surface area contributed by atoms with Gasteiger partial charge >= 0.3 is 0 Å². The van der Waals surface area contributed by atoms with Crippen molar-refractivity contribution in [3.8, 4) is 0 Å². The maximum atomic E-state index is 12.9. The quantitative estimate of drug-likeness (QED) is 0.728. The zero-order chi connectivity index (χ0) is 16.0. The Morgan fingerprint density at radius 2 is 1.74 bits per heavy atom. The molecule has 4 bridgehead atoms. The topological polar surface area (TPSA) is 41.1 Å². The van der Waals surface area contributed by atoms with Crippen LogP contribution in [-0.4, -0.2) is 11.0 Å². The molecule has 0 aliphatic heterocycles. The van der Waals surface area contributed by atoms with Gasteiger partial charge in [0.2, 0.25) is 5.91 Å². The van der Waals surface area contributed by atoms with E-state index in [1.807, 2.05) is 24.3 Å². The molecule has 122 valence electrons. The first-order valence-corrected chi connectivity index (χ1v) is 9.60. The maximum absolute atomic E-state index is 12.9. The van der Waals surface area contributed by atoms with Crippen molar-refractivity contribution in [3.05, 3.63) is 28.7 Å². The second-order valence-electron chi connectivity index (χ2n) is 7.62. The fraction of sp³-hybridized carbons (Fsp3) is 0.556. The lowest BCUT2D eigenvalue weighted by atomic mass is 9.49. The highest BCUT2D eigenvalue weighted by Gasteiger charge is 2.54. The Morgan fingerprint density at radius 1 is 1.13 bits per heavy atom. The van der Waals surface area contributed by atoms with Gasteiger partial charge in [0.25, 0.3) is 0 Å². The van der Waals surface area contributed by atoms with E-state index in [9.17, 15) is 4.79 Å². The second-order valence-corrected chi connectivity index (χ2v) is 8.94. The lowest BCUT2D eigenvalue weighted by Gasteiger charge is -2.55. The summed E-state index contributed by atoms with van der Waals surface area (Å²) in [6.45, 7) is 0. The van der Waals surface area contributed by atoms with Crippen LogP contribution in [0.25, 0.3) is 0 Å². The number of hydrogen-bond acceptors (Lipinski definition) is 2. The minimum absolute atomic E-state index is 0.143. The van der Waals surface area contributed by atoms with E-state index in [2.05, 4.69) is 26.6 Å². The Hall–Kier alpha value is -0.940. The summed E-state index contributed by atoms with van der Waals surface area (Å²) < 4.78 is 0.984. The van der Waals surface area contributed by atoms with Crippen molar-refractivity contribution in [2.75, 3.05) is 5.32 Å². The smallest absolute Gasteiger partial charge is 0.232 e. The summed E-state index contributed by atoms with van der Waals surface area (Å²) in [5.74, 6) is 2.43. The average molecular weight is 393 g/mol. The van der Waals surface area contributed by atoms with Crippen molar-refractivity contribution in [2.45, 2.75) is 38.5 Å². The van der Waals surface area contributed by atoms with E-state index in [0.717, 1.165) is 47.2 Å². The highest BCUT2D eigenvalue weighted by atomic mass is 79.9. The fourth-order valence-electron chi connectivity index (χ4n) is 5.35. The van der Waals surface area contributed by atoms with E-state index < -0.39 is 0 Å². The third kappa shape index (κ3) is 3.05. The molecule has 3 nitrogen and oxygen atoms in total. The number of halogens is 1. The first-order valence-electron chi connectivity index (χ1n) is 8.40. The summed E-state index contributed by atoms with van der Waals surface area (Å²) in [4.78, 5) is 12.9. The van der Waals surface area contributed by atoms with E-state index in [1.54, 1.807) is 0 Å². The molecule has 4 saturated carbocycles. The van der Waals surface area contributed by atoms with Crippen LogP contribution in [0.5, 0.6) is 0 Å². The molecule has 0 heterocycles. The molecule has 23 heavy (non-hydrogen) atoms. The van der Waals surface area contributed by atoms with E-state index in [4.69, 9.17) is 12.2 Å². The average Bonchev–Trinajstić information content (AvgIpc) is 2.45. The summed E-state index contributed by atoms with van der Waals surface area (Å²) in [7, 11) is 0. The van der Waals surface area contributed by atoms with E-state index in [1.165, 1.54) is 19.3 Å². The number of nitrogens with one attached hydrogen (secondary N) is 2. The summed E-state index contributed by atoms with van der Waals surface area (Å²) in [6.07, 6.45) is 7.20. The summed E-state index contributed by atoms with van der Waals surface area (Å²) >= 11 is 8.79. The molecule has 4 fully saturated rings. The second kappa shape index (κ2) is 5.85. The first-order chi connectivity index (χ1) is 11.0. The zero-order valence-electron chi connectivity index (χ0n) is 13.0. The molecule has 4 aliphatic carbocycles. The van der Waals surface area contributed by atoms with Crippen molar-refractivity contribution < 1.29 is 4.79 Å². The number of carbonyl (C=O) groups excluding carboxylic acids is 1. The zero-order valence-corrected chi connectivity index (χ0v) is 15.4. The molecule has 5 rings (SSSR count). The van der Waals surface area contributed by atoms with Gasteiger partial charge in [0, 0.05) is 10.2 Å². The van der Waals surface area contributed by atoms with Crippen LogP contribution in [0.1, 0.15) is 38.5 Å². The number of hydrogen-bond donors (Lipinski definition) is 2. The molecule has 0 radical (unpaired) electrons. The molecule has 2 N–H and O–H groups in total. The third-order valence-electron chi connectivity index (χ3n) is 5.83. The van der Waals surface area contributed by atoms with Crippen LogP contribution in [0.3, 0.4) is 0 Å². The van der Waals surface area contributed by atoms with Gasteiger partial charge in [-0.25, -0.2) is 0 Å². The Balaban J connectivity index is 1.42. The minimum atomic E-state index is -0.155. The molecule has 0 unspecified atom stereocenters. The van der Waals surface area contributed by atoms with Gasteiger partial charge in [-0.05, 0) is 86.7 Å². The Bertz CT molecular complexity index is 625. The van der Waals surface area contributed by atoms with Crippen molar-refractivity contribution in [3.63, 3.8) is 0 Å². The molecule has 1 aromatic carbocycles. The van der Waals surface area contributed by atoms with Gasteiger partial charge in [-0.1, -0.05) is 22.0 Å². The van der Waals surface area contributed by atoms with E-state index in [0.29, 0.717) is 5.11 Å². The number of benzene rings is 1. The minimum Gasteiger partial charge on any atom is -0.332 e. The van der Waals surface area contributed by atoms with Crippen LogP contribution in [0.4, 0.5) is 5.69 Å². The summed E-state index contributed by atoms with van der Waals surface area (Å²) in [5, 5.41) is 6.49.